The second-order valence-corrected chi connectivity index (χ2v) is 3.66. The summed E-state index contributed by atoms with van der Waals surface area (Å²) in [7, 11) is 1.61. The van der Waals surface area contributed by atoms with Gasteiger partial charge >= 0.3 is 0 Å². The number of nitrogens with one attached hydrogen (secondary N) is 2. The first kappa shape index (κ1) is 11.3. The standard InChI is InChI=1S/C10H14N6O/c1-6-4-8(9(17-3)5-11-6)12-7(2)10-13-15-16-14-10/h4-5,7H,1-3H3,(H,11,12)(H,13,14,15,16). The third kappa shape index (κ3) is 2.49. The second kappa shape index (κ2) is 4.77. The van der Waals surface area contributed by atoms with Crippen molar-refractivity contribution in [3.8, 4) is 5.75 Å². The van der Waals surface area contributed by atoms with Crippen LogP contribution in [0, 0.1) is 6.92 Å². The summed E-state index contributed by atoms with van der Waals surface area (Å²) in [6.45, 7) is 3.86. The van der Waals surface area contributed by atoms with E-state index in [-0.39, 0.29) is 6.04 Å². The molecule has 0 aliphatic heterocycles. The van der Waals surface area contributed by atoms with E-state index in [0.717, 1.165) is 11.4 Å². The Kier molecular flexibility index (Phi) is 3.17. The molecule has 2 rings (SSSR count). The molecule has 0 saturated heterocycles. The molecule has 1 atom stereocenters. The van der Waals surface area contributed by atoms with Crippen molar-refractivity contribution in [1.82, 2.24) is 25.6 Å². The zero-order valence-electron chi connectivity index (χ0n) is 9.93. The molecule has 0 radical (unpaired) electrons. The molecule has 0 bridgehead atoms. The predicted molar refractivity (Wildman–Crippen MR) is 61.7 cm³/mol. The molecule has 0 amide bonds. The molecule has 0 aromatic carbocycles. The number of nitrogens with zero attached hydrogens (tertiary/aromatic N) is 4. The highest BCUT2D eigenvalue weighted by Gasteiger charge is 2.12. The lowest BCUT2D eigenvalue weighted by atomic mass is 10.2. The van der Waals surface area contributed by atoms with Crippen LogP contribution in [0.25, 0.3) is 0 Å². The number of aryl methyl sites for hydroxylation is 1. The third-order valence-corrected chi connectivity index (χ3v) is 2.35. The first-order chi connectivity index (χ1) is 8.20. The summed E-state index contributed by atoms with van der Waals surface area (Å²) >= 11 is 0. The van der Waals surface area contributed by atoms with E-state index in [1.54, 1.807) is 13.3 Å². The van der Waals surface area contributed by atoms with Gasteiger partial charge in [-0.05, 0) is 19.9 Å². The normalized spacial score (nSPS) is 12.2. The van der Waals surface area contributed by atoms with Crippen molar-refractivity contribution in [2.75, 3.05) is 12.4 Å². The summed E-state index contributed by atoms with van der Waals surface area (Å²) < 4.78 is 5.23. The number of aromatic amines is 1. The predicted octanol–water partition coefficient (Wildman–Crippen LogP) is 1.08. The maximum absolute atomic E-state index is 5.23. The minimum atomic E-state index is -0.0653. The lowest BCUT2D eigenvalue weighted by Gasteiger charge is -2.14. The molecule has 0 saturated carbocycles. The minimum Gasteiger partial charge on any atom is -0.493 e. The van der Waals surface area contributed by atoms with Crippen molar-refractivity contribution < 1.29 is 4.74 Å². The van der Waals surface area contributed by atoms with Crippen LogP contribution in [-0.4, -0.2) is 32.7 Å². The number of tetrazole rings is 1. The van der Waals surface area contributed by atoms with Crippen LogP contribution < -0.4 is 10.1 Å². The summed E-state index contributed by atoms with van der Waals surface area (Å²) in [5.41, 5.74) is 1.77. The Balaban J connectivity index is 2.20. The number of aromatic nitrogens is 5. The molecule has 2 N–H and O–H groups in total. The van der Waals surface area contributed by atoms with Gasteiger partial charge in [0.25, 0.3) is 0 Å². The molecule has 1 unspecified atom stereocenters. The topological polar surface area (TPSA) is 88.6 Å². The number of methoxy groups -OCH3 is 1. The minimum absolute atomic E-state index is 0.0653. The van der Waals surface area contributed by atoms with E-state index >= 15 is 0 Å². The Labute approximate surface area is 98.6 Å². The molecule has 0 fully saturated rings. The molecule has 90 valence electrons. The van der Waals surface area contributed by atoms with Crippen LogP contribution in [0.4, 0.5) is 5.69 Å². The second-order valence-electron chi connectivity index (χ2n) is 3.66. The number of hydrogen-bond donors (Lipinski definition) is 2. The van der Waals surface area contributed by atoms with Gasteiger partial charge in [-0.1, -0.05) is 5.21 Å². The van der Waals surface area contributed by atoms with E-state index in [2.05, 4.69) is 30.9 Å². The van der Waals surface area contributed by atoms with E-state index in [4.69, 9.17) is 4.74 Å². The van der Waals surface area contributed by atoms with Gasteiger partial charge < -0.3 is 10.1 Å². The lowest BCUT2D eigenvalue weighted by Crippen LogP contribution is -2.10. The monoisotopic (exact) mass is 234 g/mol. The third-order valence-electron chi connectivity index (χ3n) is 2.35. The molecule has 2 aromatic heterocycles. The first-order valence-electron chi connectivity index (χ1n) is 5.21. The van der Waals surface area contributed by atoms with Crippen molar-refractivity contribution in [2.45, 2.75) is 19.9 Å². The van der Waals surface area contributed by atoms with Crippen LogP contribution in [0.15, 0.2) is 12.3 Å². The highest BCUT2D eigenvalue weighted by molar-refractivity contribution is 5.56. The zero-order valence-corrected chi connectivity index (χ0v) is 9.93. The highest BCUT2D eigenvalue weighted by Crippen LogP contribution is 2.26. The molecule has 2 heterocycles. The Morgan fingerprint density at radius 1 is 1.47 bits per heavy atom. The number of ether oxygens (including phenoxy) is 1. The Morgan fingerprint density at radius 3 is 2.94 bits per heavy atom. The quantitative estimate of drug-likeness (QED) is 0.823. The summed E-state index contributed by atoms with van der Waals surface area (Å²) in [6.07, 6.45) is 1.68. The van der Waals surface area contributed by atoms with Crippen LogP contribution in [0.2, 0.25) is 0 Å². The van der Waals surface area contributed by atoms with Gasteiger partial charge in [-0.15, -0.1) is 10.2 Å². The van der Waals surface area contributed by atoms with Crippen molar-refractivity contribution in [2.24, 2.45) is 0 Å². The molecule has 0 aliphatic carbocycles. The van der Waals surface area contributed by atoms with Crippen molar-refractivity contribution in [3.05, 3.63) is 23.8 Å². The number of anilines is 1. The summed E-state index contributed by atoms with van der Waals surface area (Å²) in [5, 5.41) is 17.1. The van der Waals surface area contributed by atoms with Gasteiger partial charge in [-0.2, -0.15) is 5.21 Å². The molecule has 0 spiro atoms. The van der Waals surface area contributed by atoms with Gasteiger partial charge in [0.15, 0.2) is 11.6 Å². The van der Waals surface area contributed by atoms with Crippen molar-refractivity contribution >= 4 is 5.69 Å². The van der Waals surface area contributed by atoms with Crippen LogP contribution in [-0.2, 0) is 0 Å². The molecule has 17 heavy (non-hydrogen) atoms. The van der Waals surface area contributed by atoms with Crippen LogP contribution in [0.1, 0.15) is 24.5 Å². The number of H-pyrrole nitrogens is 1. The zero-order chi connectivity index (χ0) is 12.3. The van der Waals surface area contributed by atoms with Crippen molar-refractivity contribution in [1.29, 1.82) is 0 Å². The smallest absolute Gasteiger partial charge is 0.196 e. The van der Waals surface area contributed by atoms with Gasteiger partial charge in [0.2, 0.25) is 0 Å². The van der Waals surface area contributed by atoms with E-state index in [1.165, 1.54) is 0 Å². The maximum atomic E-state index is 5.23. The van der Waals surface area contributed by atoms with Crippen LogP contribution >= 0.6 is 0 Å². The molecule has 7 nitrogen and oxygen atoms in total. The fraction of sp³-hybridized carbons (Fsp3) is 0.400. The van der Waals surface area contributed by atoms with Crippen LogP contribution in [0.3, 0.4) is 0 Å². The van der Waals surface area contributed by atoms with E-state index in [1.807, 2.05) is 19.9 Å². The van der Waals surface area contributed by atoms with E-state index < -0.39 is 0 Å². The molecule has 7 heteroatoms. The summed E-state index contributed by atoms with van der Waals surface area (Å²) in [5.74, 6) is 1.28. The SMILES string of the molecule is COc1cnc(C)cc1NC(C)c1nn[nH]n1. The van der Waals surface area contributed by atoms with Gasteiger partial charge in [0.1, 0.15) is 0 Å². The average Bonchev–Trinajstić information content (AvgIpc) is 2.83. The summed E-state index contributed by atoms with van der Waals surface area (Å²) in [4.78, 5) is 4.17. The van der Waals surface area contributed by atoms with Gasteiger partial charge in [-0.3, -0.25) is 4.98 Å². The first-order valence-corrected chi connectivity index (χ1v) is 5.21. The Morgan fingerprint density at radius 2 is 2.29 bits per heavy atom. The molecule has 0 aliphatic rings. The molecule has 2 aromatic rings. The Bertz CT molecular complexity index is 484. The fourth-order valence-electron chi connectivity index (χ4n) is 1.47. The van der Waals surface area contributed by atoms with Crippen LogP contribution in [0.5, 0.6) is 5.75 Å². The van der Waals surface area contributed by atoms with Gasteiger partial charge in [0, 0.05) is 5.69 Å². The Hall–Kier alpha value is -2.18. The molecular formula is C10H14N6O. The number of rotatable bonds is 4. The van der Waals surface area contributed by atoms with Gasteiger partial charge in [-0.25, -0.2) is 0 Å². The largest absolute Gasteiger partial charge is 0.493 e. The molecular weight excluding hydrogens is 220 g/mol. The number of hydrogen-bond acceptors (Lipinski definition) is 6. The maximum Gasteiger partial charge on any atom is 0.196 e. The summed E-state index contributed by atoms with van der Waals surface area (Å²) in [6, 6.07) is 1.85. The van der Waals surface area contributed by atoms with Crippen molar-refractivity contribution in [3.63, 3.8) is 0 Å². The lowest BCUT2D eigenvalue weighted by molar-refractivity contribution is 0.414. The van der Waals surface area contributed by atoms with E-state index in [0.29, 0.717) is 11.6 Å². The highest BCUT2D eigenvalue weighted by atomic mass is 16.5. The average molecular weight is 234 g/mol. The van der Waals surface area contributed by atoms with Gasteiger partial charge in [0.05, 0.1) is 25.0 Å². The number of pyridine rings is 1. The fourth-order valence-corrected chi connectivity index (χ4v) is 1.47. The van der Waals surface area contributed by atoms with E-state index in [9.17, 15) is 0 Å².